The second kappa shape index (κ2) is 7.09. The second-order valence-electron chi connectivity index (χ2n) is 4.70. The SMILES string of the molecule is CCCNC(c1cc(F)c(F)cc1F)c1ccccc1Br. The first-order valence-corrected chi connectivity index (χ1v) is 7.46. The van der Waals surface area contributed by atoms with E-state index >= 15 is 0 Å². The topological polar surface area (TPSA) is 12.0 Å². The van der Waals surface area contributed by atoms with Crippen molar-refractivity contribution in [2.75, 3.05) is 6.54 Å². The van der Waals surface area contributed by atoms with Gasteiger partial charge < -0.3 is 5.32 Å². The summed E-state index contributed by atoms with van der Waals surface area (Å²) in [5.41, 5.74) is 0.866. The summed E-state index contributed by atoms with van der Waals surface area (Å²) in [6.07, 6.45) is 0.840. The zero-order chi connectivity index (χ0) is 15.4. The van der Waals surface area contributed by atoms with Crippen LogP contribution in [0, 0.1) is 17.5 Å². The van der Waals surface area contributed by atoms with Crippen LogP contribution in [0.3, 0.4) is 0 Å². The Hall–Kier alpha value is -1.33. The van der Waals surface area contributed by atoms with E-state index in [4.69, 9.17) is 0 Å². The van der Waals surface area contributed by atoms with Gasteiger partial charge in [0.25, 0.3) is 0 Å². The van der Waals surface area contributed by atoms with Crippen molar-refractivity contribution in [3.8, 4) is 0 Å². The van der Waals surface area contributed by atoms with Gasteiger partial charge in [-0.2, -0.15) is 0 Å². The van der Waals surface area contributed by atoms with Gasteiger partial charge in [-0.3, -0.25) is 0 Å². The molecule has 0 bridgehead atoms. The third-order valence-electron chi connectivity index (χ3n) is 3.17. The second-order valence-corrected chi connectivity index (χ2v) is 5.55. The van der Waals surface area contributed by atoms with Gasteiger partial charge in [0, 0.05) is 16.1 Å². The van der Waals surface area contributed by atoms with E-state index in [9.17, 15) is 13.2 Å². The highest BCUT2D eigenvalue weighted by Crippen LogP contribution is 2.31. The average Bonchev–Trinajstić information content (AvgIpc) is 2.46. The molecule has 0 aliphatic carbocycles. The molecule has 1 nitrogen and oxygen atoms in total. The van der Waals surface area contributed by atoms with Crippen LogP contribution in [0.2, 0.25) is 0 Å². The standard InChI is InChI=1S/C16H15BrF3N/c1-2-7-21-16(10-5-3-4-6-12(10)17)11-8-14(19)15(20)9-13(11)18/h3-6,8-9,16,21H,2,7H2,1H3. The van der Waals surface area contributed by atoms with Crippen LogP contribution in [-0.2, 0) is 0 Å². The van der Waals surface area contributed by atoms with Crippen LogP contribution in [0.1, 0.15) is 30.5 Å². The van der Waals surface area contributed by atoms with E-state index in [1.54, 1.807) is 0 Å². The molecule has 0 aliphatic heterocycles. The number of hydrogen-bond donors (Lipinski definition) is 1. The lowest BCUT2D eigenvalue weighted by molar-refractivity contribution is 0.479. The minimum absolute atomic E-state index is 0.0919. The fraction of sp³-hybridized carbons (Fsp3) is 0.250. The molecule has 1 atom stereocenters. The summed E-state index contributed by atoms with van der Waals surface area (Å²) in [6, 6.07) is 8.26. The molecule has 0 aliphatic rings. The van der Waals surface area contributed by atoms with Crippen molar-refractivity contribution < 1.29 is 13.2 Å². The lowest BCUT2D eigenvalue weighted by Gasteiger charge is -2.21. The Morgan fingerprint density at radius 3 is 2.33 bits per heavy atom. The van der Waals surface area contributed by atoms with Gasteiger partial charge in [-0.1, -0.05) is 41.1 Å². The number of hydrogen-bond acceptors (Lipinski definition) is 1. The number of benzene rings is 2. The van der Waals surface area contributed by atoms with Crippen LogP contribution in [0.15, 0.2) is 40.9 Å². The molecule has 1 N–H and O–H groups in total. The van der Waals surface area contributed by atoms with Gasteiger partial charge in [0.2, 0.25) is 0 Å². The Bertz CT molecular complexity index is 631. The predicted octanol–water partition coefficient (Wildman–Crippen LogP) is 4.96. The average molecular weight is 358 g/mol. The van der Waals surface area contributed by atoms with Gasteiger partial charge in [-0.25, -0.2) is 13.2 Å². The van der Waals surface area contributed by atoms with Crippen LogP contribution in [-0.4, -0.2) is 6.54 Å². The van der Waals surface area contributed by atoms with Gasteiger partial charge in [-0.05, 0) is 30.7 Å². The van der Waals surface area contributed by atoms with Gasteiger partial charge in [0.15, 0.2) is 11.6 Å². The van der Waals surface area contributed by atoms with Crippen molar-refractivity contribution in [3.05, 3.63) is 69.4 Å². The highest BCUT2D eigenvalue weighted by atomic mass is 79.9. The molecule has 0 amide bonds. The fourth-order valence-electron chi connectivity index (χ4n) is 2.14. The van der Waals surface area contributed by atoms with E-state index < -0.39 is 23.5 Å². The Kier molecular flexibility index (Phi) is 5.42. The van der Waals surface area contributed by atoms with Gasteiger partial charge >= 0.3 is 0 Å². The zero-order valence-corrected chi connectivity index (χ0v) is 13.1. The monoisotopic (exact) mass is 357 g/mol. The van der Waals surface area contributed by atoms with Crippen LogP contribution in [0.5, 0.6) is 0 Å². The molecule has 0 saturated heterocycles. The largest absolute Gasteiger partial charge is 0.306 e. The third-order valence-corrected chi connectivity index (χ3v) is 3.89. The predicted molar refractivity (Wildman–Crippen MR) is 80.6 cm³/mol. The lowest BCUT2D eigenvalue weighted by atomic mass is 9.97. The van der Waals surface area contributed by atoms with Crippen LogP contribution < -0.4 is 5.32 Å². The molecule has 21 heavy (non-hydrogen) atoms. The zero-order valence-electron chi connectivity index (χ0n) is 11.5. The van der Waals surface area contributed by atoms with E-state index in [0.29, 0.717) is 12.6 Å². The summed E-state index contributed by atoms with van der Waals surface area (Å²) in [7, 11) is 0. The van der Waals surface area contributed by atoms with Crippen LogP contribution >= 0.6 is 15.9 Å². The van der Waals surface area contributed by atoms with Crippen molar-refractivity contribution in [2.24, 2.45) is 0 Å². The third kappa shape index (κ3) is 3.66. The molecule has 0 heterocycles. The van der Waals surface area contributed by atoms with E-state index in [0.717, 1.165) is 22.5 Å². The summed E-state index contributed by atoms with van der Waals surface area (Å²) in [4.78, 5) is 0. The minimum Gasteiger partial charge on any atom is -0.306 e. The van der Waals surface area contributed by atoms with Crippen LogP contribution in [0.25, 0.3) is 0 Å². The molecule has 0 spiro atoms. The molecule has 2 aromatic carbocycles. The smallest absolute Gasteiger partial charge is 0.161 e. The molecular weight excluding hydrogens is 343 g/mol. The quantitative estimate of drug-likeness (QED) is 0.746. The summed E-state index contributed by atoms with van der Waals surface area (Å²) < 4.78 is 41.4. The first kappa shape index (κ1) is 16.0. The fourth-order valence-corrected chi connectivity index (χ4v) is 2.66. The van der Waals surface area contributed by atoms with E-state index in [1.807, 2.05) is 31.2 Å². The van der Waals surface area contributed by atoms with E-state index in [1.165, 1.54) is 0 Å². The maximum absolute atomic E-state index is 14.1. The molecule has 5 heteroatoms. The number of rotatable bonds is 5. The number of halogens is 4. The summed E-state index contributed by atoms with van der Waals surface area (Å²) >= 11 is 3.41. The van der Waals surface area contributed by atoms with E-state index in [-0.39, 0.29) is 5.56 Å². The molecule has 1 unspecified atom stereocenters. The number of nitrogens with one attached hydrogen (secondary N) is 1. The molecule has 0 saturated carbocycles. The first-order valence-electron chi connectivity index (χ1n) is 6.66. The highest BCUT2D eigenvalue weighted by molar-refractivity contribution is 9.10. The molecule has 0 aromatic heterocycles. The first-order chi connectivity index (χ1) is 10.0. The lowest BCUT2D eigenvalue weighted by Crippen LogP contribution is -2.24. The van der Waals surface area contributed by atoms with E-state index in [2.05, 4.69) is 21.2 Å². The van der Waals surface area contributed by atoms with Gasteiger partial charge in [0.05, 0.1) is 6.04 Å². The highest BCUT2D eigenvalue weighted by Gasteiger charge is 2.21. The summed E-state index contributed by atoms with van der Waals surface area (Å²) in [6.45, 7) is 2.61. The van der Waals surface area contributed by atoms with Gasteiger partial charge in [0.1, 0.15) is 5.82 Å². The normalized spacial score (nSPS) is 12.4. The van der Waals surface area contributed by atoms with Gasteiger partial charge in [-0.15, -0.1) is 0 Å². The molecule has 0 radical (unpaired) electrons. The molecule has 0 fully saturated rings. The molecule has 2 aromatic rings. The van der Waals surface area contributed by atoms with Crippen molar-refractivity contribution >= 4 is 15.9 Å². The maximum atomic E-state index is 14.1. The Labute approximate surface area is 130 Å². The van der Waals surface area contributed by atoms with Crippen LogP contribution in [0.4, 0.5) is 13.2 Å². The Balaban J connectivity index is 2.51. The van der Waals surface area contributed by atoms with Crippen molar-refractivity contribution in [1.29, 1.82) is 0 Å². The summed E-state index contributed by atoms with van der Waals surface area (Å²) in [5.74, 6) is -3.00. The molecular formula is C16H15BrF3N. The van der Waals surface area contributed by atoms with Crippen molar-refractivity contribution in [3.63, 3.8) is 0 Å². The summed E-state index contributed by atoms with van der Waals surface area (Å²) in [5, 5.41) is 3.17. The Morgan fingerprint density at radius 2 is 1.67 bits per heavy atom. The van der Waals surface area contributed by atoms with Crippen molar-refractivity contribution in [2.45, 2.75) is 19.4 Å². The molecule has 112 valence electrons. The maximum Gasteiger partial charge on any atom is 0.161 e. The minimum atomic E-state index is -1.18. The molecule has 2 rings (SSSR count). The van der Waals surface area contributed by atoms with Crippen molar-refractivity contribution in [1.82, 2.24) is 5.32 Å². The Morgan fingerprint density at radius 1 is 1.00 bits per heavy atom.